The highest BCUT2D eigenvalue weighted by Crippen LogP contribution is 2.31. The number of hydrogen-bond acceptors (Lipinski definition) is 3. The van der Waals surface area contributed by atoms with Crippen molar-refractivity contribution >= 4 is 10.1 Å². The van der Waals surface area contributed by atoms with Gasteiger partial charge in [0.2, 0.25) is 0 Å². The summed E-state index contributed by atoms with van der Waals surface area (Å²) in [5.74, 6) is 2.02. The molecule has 62 valence electrons. The molecule has 1 aliphatic heterocycles. The maximum atomic E-state index is 10.9. The molecule has 0 aromatic rings. The van der Waals surface area contributed by atoms with E-state index in [2.05, 4.69) is 5.92 Å². The van der Waals surface area contributed by atoms with E-state index in [0.29, 0.717) is 0 Å². The highest BCUT2D eigenvalue weighted by Gasteiger charge is 2.44. The first-order valence-electron chi connectivity index (χ1n) is 3.27. The number of terminal acetylenes is 1. The molecule has 0 aromatic heterocycles. The van der Waals surface area contributed by atoms with Crippen LogP contribution in [0.15, 0.2) is 0 Å². The first kappa shape index (κ1) is 8.57. The van der Waals surface area contributed by atoms with Crippen molar-refractivity contribution in [2.45, 2.75) is 19.4 Å². The molecule has 0 N–H and O–H groups in total. The lowest BCUT2D eigenvalue weighted by atomic mass is 9.94. The van der Waals surface area contributed by atoms with Gasteiger partial charge in [0.05, 0.1) is 17.3 Å². The molecular formula is C7H10O3S. The second-order valence-corrected chi connectivity index (χ2v) is 4.75. The van der Waals surface area contributed by atoms with E-state index in [1.54, 1.807) is 13.8 Å². The zero-order valence-corrected chi connectivity index (χ0v) is 7.31. The van der Waals surface area contributed by atoms with Crippen LogP contribution in [-0.4, -0.2) is 19.8 Å². The molecule has 0 bridgehead atoms. The highest BCUT2D eigenvalue weighted by molar-refractivity contribution is 7.87. The summed E-state index contributed by atoms with van der Waals surface area (Å²) in [6.07, 6.45) is 5.14. The normalized spacial score (nSPS) is 33.0. The Morgan fingerprint density at radius 1 is 1.64 bits per heavy atom. The van der Waals surface area contributed by atoms with E-state index < -0.39 is 15.7 Å². The van der Waals surface area contributed by atoms with Crippen molar-refractivity contribution in [1.29, 1.82) is 0 Å². The van der Waals surface area contributed by atoms with Crippen molar-refractivity contribution in [2.24, 2.45) is 5.92 Å². The standard InChI is InChI=1S/C7H10O3S/c1-4-6-5-11(8,9)10-7(6,2)3/h1,6H,5H2,2-3H3. The van der Waals surface area contributed by atoms with Crippen molar-refractivity contribution in [3.05, 3.63) is 0 Å². The van der Waals surface area contributed by atoms with Crippen LogP contribution in [0.4, 0.5) is 0 Å². The molecule has 1 unspecified atom stereocenters. The van der Waals surface area contributed by atoms with Crippen LogP contribution >= 0.6 is 0 Å². The third-order valence-electron chi connectivity index (χ3n) is 1.75. The third-order valence-corrected chi connectivity index (χ3v) is 3.18. The monoisotopic (exact) mass is 174 g/mol. The predicted molar refractivity (Wildman–Crippen MR) is 41.3 cm³/mol. The quantitative estimate of drug-likeness (QED) is 0.394. The summed E-state index contributed by atoms with van der Waals surface area (Å²) < 4.78 is 26.6. The van der Waals surface area contributed by atoms with E-state index in [0.717, 1.165) is 0 Å². The van der Waals surface area contributed by atoms with Gasteiger partial charge < -0.3 is 0 Å². The molecule has 1 rings (SSSR count). The van der Waals surface area contributed by atoms with Crippen molar-refractivity contribution in [3.8, 4) is 12.3 Å². The third kappa shape index (κ3) is 1.55. The summed E-state index contributed by atoms with van der Waals surface area (Å²) >= 11 is 0. The lowest BCUT2D eigenvalue weighted by molar-refractivity contribution is 0.115. The largest absolute Gasteiger partial charge is 0.269 e. The predicted octanol–water partition coefficient (Wildman–Crippen LogP) is 0.374. The molecule has 3 nitrogen and oxygen atoms in total. The van der Waals surface area contributed by atoms with E-state index >= 15 is 0 Å². The van der Waals surface area contributed by atoms with Crippen molar-refractivity contribution < 1.29 is 12.6 Å². The van der Waals surface area contributed by atoms with E-state index in [-0.39, 0.29) is 11.7 Å². The second kappa shape index (κ2) is 2.23. The summed E-state index contributed by atoms with van der Waals surface area (Å²) in [5.41, 5.74) is -0.729. The lowest BCUT2D eigenvalue weighted by Crippen LogP contribution is -2.26. The summed E-state index contributed by atoms with van der Waals surface area (Å²) in [6, 6.07) is 0. The lowest BCUT2D eigenvalue weighted by Gasteiger charge is -2.18. The molecule has 1 fully saturated rings. The van der Waals surface area contributed by atoms with E-state index in [4.69, 9.17) is 10.6 Å². The minimum Gasteiger partial charge on any atom is -0.263 e. The molecule has 0 amide bonds. The fourth-order valence-corrected chi connectivity index (χ4v) is 2.82. The molecule has 1 saturated heterocycles. The topological polar surface area (TPSA) is 43.4 Å². The smallest absolute Gasteiger partial charge is 0.263 e. The average molecular weight is 174 g/mol. The molecular weight excluding hydrogens is 164 g/mol. The van der Waals surface area contributed by atoms with E-state index in [1.807, 2.05) is 0 Å². The minimum atomic E-state index is -3.36. The van der Waals surface area contributed by atoms with Crippen LogP contribution in [0, 0.1) is 18.3 Å². The van der Waals surface area contributed by atoms with Gasteiger partial charge in [0.1, 0.15) is 0 Å². The van der Waals surface area contributed by atoms with Gasteiger partial charge in [0.15, 0.2) is 0 Å². The van der Waals surface area contributed by atoms with Crippen LogP contribution in [0.2, 0.25) is 0 Å². The second-order valence-electron chi connectivity index (χ2n) is 3.13. The molecule has 0 spiro atoms. The van der Waals surface area contributed by atoms with Gasteiger partial charge in [-0.25, -0.2) is 0 Å². The molecule has 0 aliphatic carbocycles. The first-order chi connectivity index (χ1) is 4.87. The van der Waals surface area contributed by atoms with Crippen LogP contribution in [0.5, 0.6) is 0 Å². The molecule has 1 heterocycles. The van der Waals surface area contributed by atoms with Gasteiger partial charge in [0.25, 0.3) is 10.1 Å². The number of hydrogen-bond donors (Lipinski definition) is 0. The van der Waals surface area contributed by atoms with Crippen LogP contribution in [0.3, 0.4) is 0 Å². The molecule has 0 aromatic carbocycles. The Labute approximate surface area is 66.9 Å². The first-order valence-corrected chi connectivity index (χ1v) is 4.84. The molecule has 0 radical (unpaired) electrons. The zero-order chi connectivity index (χ0) is 8.70. The van der Waals surface area contributed by atoms with E-state index in [9.17, 15) is 8.42 Å². The Morgan fingerprint density at radius 3 is 2.36 bits per heavy atom. The Morgan fingerprint density at radius 2 is 2.18 bits per heavy atom. The van der Waals surface area contributed by atoms with E-state index in [1.165, 1.54) is 0 Å². The highest BCUT2D eigenvalue weighted by atomic mass is 32.2. The summed E-state index contributed by atoms with van der Waals surface area (Å²) in [6.45, 7) is 3.37. The van der Waals surface area contributed by atoms with Gasteiger partial charge in [-0.15, -0.1) is 6.42 Å². The van der Waals surface area contributed by atoms with Gasteiger partial charge in [0, 0.05) is 0 Å². The van der Waals surface area contributed by atoms with Gasteiger partial charge in [-0.3, -0.25) is 4.18 Å². The fraction of sp³-hybridized carbons (Fsp3) is 0.714. The Kier molecular flexibility index (Phi) is 1.73. The summed E-state index contributed by atoms with van der Waals surface area (Å²) in [5, 5.41) is 0. The summed E-state index contributed by atoms with van der Waals surface area (Å²) in [4.78, 5) is 0. The van der Waals surface area contributed by atoms with Crippen LogP contribution in [0.25, 0.3) is 0 Å². The van der Waals surface area contributed by atoms with Gasteiger partial charge >= 0.3 is 0 Å². The summed E-state index contributed by atoms with van der Waals surface area (Å²) in [7, 11) is -3.36. The van der Waals surface area contributed by atoms with Gasteiger partial charge in [-0.2, -0.15) is 8.42 Å². The maximum Gasteiger partial charge on any atom is 0.269 e. The molecule has 4 heteroatoms. The SMILES string of the molecule is C#CC1CS(=O)(=O)OC1(C)C. The Balaban J connectivity index is 3.00. The van der Waals surface area contributed by atoms with Gasteiger partial charge in [-0.05, 0) is 13.8 Å². The van der Waals surface area contributed by atoms with Crippen molar-refractivity contribution in [1.82, 2.24) is 0 Å². The number of rotatable bonds is 0. The molecule has 0 saturated carbocycles. The Bertz CT molecular complexity index is 294. The van der Waals surface area contributed by atoms with Crippen LogP contribution in [-0.2, 0) is 14.3 Å². The average Bonchev–Trinajstić information content (AvgIpc) is 1.99. The maximum absolute atomic E-state index is 10.9. The fourth-order valence-electron chi connectivity index (χ4n) is 1.07. The zero-order valence-electron chi connectivity index (χ0n) is 6.49. The minimum absolute atomic E-state index is 0.0590. The van der Waals surface area contributed by atoms with Crippen molar-refractivity contribution in [3.63, 3.8) is 0 Å². The molecule has 1 aliphatic rings. The van der Waals surface area contributed by atoms with Crippen LogP contribution in [0.1, 0.15) is 13.8 Å². The van der Waals surface area contributed by atoms with Gasteiger partial charge in [-0.1, -0.05) is 5.92 Å². The van der Waals surface area contributed by atoms with Crippen molar-refractivity contribution in [2.75, 3.05) is 5.75 Å². The Hall–Kier alpha value is -0.530. The molecule has 11 heavy (non-hydrogen) atoms. The molecule has 1 atom stereocenters. The van der Waals surface area contributed by atoms with Crippen LogP contribution < -0.4 is 0 Å².